The molecule has 2 fully saturated rings. The zero-order chi connectivity index (χ0) is 17.0. The molecule has 0 aromatic heterocycles. The number of hydrogen-bond donors (Lipinski definition) is 3. The topological polar surface area (TPSA) is 90.0 Å². The molecule has 0 spiro atoms. The number of benzene rings is 1. The van der Waals surface area contributed by atoms with Gasteiger partial charge in [0.15, 0.2) is 11.5 Å². The number of rotatable bonds is 1. The van der Waals surface area contributed by atoms with Crippen LogP contribution in [0.15, 0.2) is 12.1 Å². The first-order chi connectivity index (χ1) is 11.4. The van der Waals surface area contributed by atoms with Gasteiger partial charge in [0.2, 0.25) is 5.91 Å². The largest absolute Gasteiger partial charge is 0.504 e. The number of phenolic OH excluding ortho intramolecular Hbond substituents is 2. The Bertz CT molecular complexity index is 678. The molecule has 0 bridgehead atoms. The van der Waals surface area contributed by atoms with Crippen LogP contribution < -0.4 is 5.73 Å². The molecule has 6 heteroatoms. The normalized spacial score (nSPS) is 33.4. The molecule has 0 radical (unpaired) electrons. The maximum Gasteiger partial charge on any atom is 0.223 e. The van der Waals surface area contributed by atoms with Crippen LogP contribution in [0.5, 0.6) is 11.5 Å². The van der Waals surface area contributed by atoms with E-state index in [1.54, 1.807) is 12.1 Å². The lowest BCUT2D eigenvalue weighted by Crippen LogP contribution is -2.60. The molecule has 1 amide bonds. The van der Waals surface area contributed by atoms with E-state index in [0.717, 1.165) is 43.6 Å². The van der Waals surface area contributed by atoms with Gasteiger partial charge in [-0.25, -0.2) is 0 Å². The summed E-state index contributed by atoms with van der Waals surface area (Å²) in [4.78, 5) is 16.6. The van der Waals surface area contributed by atoms with E-state index in [9.17, 15) is 15.0 Å². The SMILES string of the molecule is C[C@@H]1CC(=O)N([C@H]2CN3CCc4cc(O)c(O)cc4[C@@H]3C[C@@H]2N)C1. The Morgan fingerprint density at radius 3 is 2.67 bits per heavy atom. The standard InChI is InChI=1S/C18H25N3O3/c1-10-4-18(24)21(8-10)15-9-20-3-2-11-5-16(22)17(23)6-12(11)14(20)7-13(15)19/h5-6,10,13-15,22-23H,2-4,7-9,19H2,1H3/t10-,13+,14+,15+/m1/s1. The quantitative estimate of drug-likeness (QED) is 0.667. The second-order valence-electron chi connectivity index (χ2n) is 7.62. The molecular weight excluding hydrogens is 306 g/mol. The number of nitrogens with two attached hydrogens (primary N) is 1. The van der Waals surface area contributed by atoms with E-state index >= 15 is 0 Å². The van der Waals surface area contributed by atoms with Crippen molar-refractivity contribution in [3.05, 3.63) is 23.3 Å². The van der Waals surface area contributed by atoms with E-state index in [4.69, 9.17) is 5.73 Å². The number of carbonyl (C=O) groups is 1. The Morgan fingerprint density at radius 2 is 1.96 bits per heavy atom. The molecule has 6 nitrogen and oxygen atoms in total. The van der Waals surface area contributed by atoms with Crippen molar-refractivity contribution in [3.63, 3.8) is 0 Å². The maximum atomic E-state index is 12.3. The smallest absolute Gasteiger partial charge is 0.223 e. The van der Waals surface area contributed by atoms with Crippen molar-refractivity contribution in [1.29, 1.82) is 0 Å². The molecule has 0 saturated carbocycles. The van der Waals surface area contributed by atoms with Crippen LogP contribution in [0, 0.1) is 5.92 Å². The molecule has 3 aliphatic heterocycles. The number of fused-ring (bicyclic) bond motifs is 3. The molecule has 0 unspecified atom stereocenters. The van der Waals surface area contributed by atoms with Gasteiger partial charge in [-0.3, -0.25) is 9.69 Å². The van der Waals surface area contributed by atoms with Gasteiger partial charge >= 0.3 is 0 Å². The fraction of sp³-hybridized carbons (Fsp3) is 0.611. The zero-order valence-electron chi connectivity index (χ0n) is 14.0. The van der Waals surface area contributed by atoms with E-state index in [-0.39, 0.29) is 35.5 Å². The first-order valence-electron chi connectivity index (χ1n) is 8.78. The van der Waals surface area contributed by atoms with Crippen LogP contribution in [-0.2, 0) is 11.2 Å². The summed E-state index contributed by atoms with van der Waals surface area (Å²) in [5.41, 5.74) is 8.61. The highest BCUT2D eigenvalue weighted by Crippen LogP contribution is 2.41. The zero-order valence-corrected chi connectivity index (χ0v) is 14.0. The monoisotopic (exact) mass is 331 g/mol. The van der Waals surface area contributed by atoms with Crippen LogP contribution in [0.25, 0.3) is 0 Å². The van der Waals surface area contributed by atoms with Gasteiger partial charge in [0.25, 0.3) is 0 Å². The van der Waals surface area contributed by atoms with Gasteiger partial charge in [-0.1, -0.05) is 6.92 Å². The number of phenols is 2. The first kappa shape index (κ1) is 15.7. The minimum absolute atomic E-state index is 0.0585. The lowest BCUT2D eigenvalue weighted by molar-refractivity contribution is -0.131. The predicted octanol–water partition coefficient (Wildman–Crippen LogP) is 0.965. The van der Waals surface area contributed by atoms with Gasteiger partial charge in [0, 0.05) is 38.1 Å². The van der Waals surface area contributed by atoms with Crippen molar-refractivity contribution >= 4 is 5.91 Å². The summed E-state index contributed by atoms with van der Waals surface area (Å²) in [6.07, 6.45) is 2.23. The second kappa shape index (κ2) is 5.63. The Balaban J connectivity index is 1.59. The molecule has 4 N–H and O–H groups in total. The van der Waals surface area contributed by atoms with Crippen molar-refractivity contribution in [1.82, 2.24) is 9.80 Å². The molecule has 4 rings (SSSR count). The molecule has 4 atom stereocenters. The third kappa shape index (κ3) is 2.45. The first-order valence-corrected chi connectivity index (χ1v) is 8.78. The Labute approximate surface area is 141 Å². The molecule has 1 aromatic rings. The molecule has 130 valence electrons. The lowest BCUT2D eigenvalue weighted by Gasteiger charge is -2.48. The minimum atomic E-state index is -0.0742. The van der Waals surface area contributed by atoms with Crippen LogP contribution >= 0.6 is 0 Å². The Morgan fingerprint density at radius 1 is 1.21 bits per heavy atom. The fourth-order valence-electron chi connectivity index (χ4n) is 4.63. The van der Waals surface area contributed by atoms with Crippen LogP contribution in [0.4, 0.5) is 0 Å². The van der Waals surface area contributed by atoms with Gasteiger partial charge < -0.3 is 20.8 Å². The van der Waals surface area contributed by atoms with E-state index in [1.165, 1.54) is 0 Å². The maximum absolute atomic E-state index is 12.3. The number of aromatic hydroxyl groups is 2. The predicted molar refractivity (Wildman–Crippen MR) is 89.7 cm³/mol. The van der Waals surface area contributed by atoms with Gasteiger partial charge in [0.1, 0.15) is 0 Å². The van der Waals surface area contributed by atoms with E-state index in [2.05, 4.69) is 11.8 Å². The number of carbonyl (C=O) groups excluding carboxylic acids is 1. The number of nitrogens with zero attached hydrogens (tertiary/aromatic N) is 2. The summed E-state index contributed by atoms with van der Waals surface area (Å²) in [7, 11) is 0. The number of piperidine rings is 1. The summed E-state index contributed by atoms with van der Waals surface area (Å²) < 4.78 is 0. The molecular formula is C18H25N3O3. The summed E-state index contributed by atoms with van der Waals surface area (Å²) in [5, 5.41) is 19.6. The third-order valence-electron chi connectivity index (χ3n) is 5.87. The molecule has 1 aromatic carbocycles. The third-order valence-corrected chi connectivity index (χ3v) is 5.87. The van der Waals surface area contributed by atoms with Crippen molar-refractivity contribution < 1.29 is 15.0 Å². The summed E-state index contributed by atoms with van der Waals surface area (Å²) in [5.74, 6) is 0.498. The number of amides is 1. The van der Waals surface area contributed by atoms with Crippen molar-refractivity contribution in [3.8, 4) is 11.5 Å². The van der Waals surface area contributed by atoms with E-state index in [0.29, 0.717) is 12.3 Å². The number of likely N-dealkylation sites (tertiary alicyclic amines) is 1. The van der Waals surface area contributed by atoms with Crippen LogP contribution in [-0.4, -0.2) is 57.6 Å². The van der Waals surface area contributed by atoms with Crippen LogP contribution in [0.3, 0.4) is 0 Å². The summed E-state index contributed by atoms with van der Waals surface area (Å²) >= 11 is 0. The van der Waals surface area contributed by atoms with Crippen LogP contribution in [0.1, 0.15) is 36.9 Å². The highest BCUT2D eigenvalue weighted by molar-refractivity contribution is 5.79. The second-order valence-corrected chi connectivity index (χ2v) is 7.62. The van der Waals surface area contributed by atoms with Gasteiger partial charge in [0.05, 0.1) is 6.04 Å². The van der Waals surface area contributed by atoms with Gasteiger partial charge in [-0.2, -0.15) is 0 Å². The van der Waals surface area contributed by atoms with Crippen molar-refractivity contribution in [2.75, 3.05) is 19.6 Å². The minimum Gasteiger partial charge on any atom is -0.504 e. The summed E-state index contributed by atoms with van der Waals surface area (Å²) in [6.45, 7) is 4.59. The van der Waals surface area contributed by atoms with Gasteiger partial charge in [-0.15, -0.1) is 0 Å². The van der Waals surface area contributed by atoms with Gasteiger partial charge in [-0.05, 0) is 42.0 Å². The molecule has 3 heterocycles. The fourth-order valence-corrected chi connectivity index (χ4v) is 4.63. The van der Waals surface area contributed by atoms with Crippen molar-refractivity contribution in [2.45, 2.75) is 44.3 Å². The highest BCUT2D eigenvalue weighted by Gasteiger charge is 2.43. The van der Waals surface area contributed by atoms with Crippen molar-refractivity contribution in [2.24, 2.45) is 11.7 Å². The Kier molecular flexibility index (Phi) is 3.69. The van der Waals surface area contributed by atoms with Crippen LogP contribution in [0.2, 0.25) is 0 Å². The average Bonchev–Trinajstić information content (AvgIpc) is 2.86. The average molecular weight is 331 g/mol. The highest BCUT2D eigenvalue weighted by atomic mass is 16.3. The molecule has 2 saturated heterocycles. The van der Waals surface area contributed by atoms with E-state index < -0.39 is 0 Å². The number of hydrogen-bond acceptors (Lipinski definition) is 5. The summed E-state index contributed by atoms with van der Waals surface area (Å²) in [6, 6.07) is 3.51. The molecule has 24 heavy (non-hydrogen) atoms. The lowest BCUT2D eigenvalue weighted by atomic mass is 9.83. The molecule has 3 aliphatic rings. The van der Waals surface area contributed by atoms with E-state index in [1.807, 2.05) is 4.90 Å². The molecule has 0 aliphatic carbocycles. The Hall–Kier alpha value is -1.79.